The smallest absolute Gasteiger partial charge is 0.126 e. The number of rotatable bonds is 3. The maximum Gasteiger partial charge on any atom is 0.126 e. The highest BCUT2D eigenvalue weighted by molar-refractivity contribution is 7.21. The van der Waals surface area contributed by atoms with Crippen LogP contribution in [-0.2, 0) is 0 Å². The Morgan fingerprint density at radius 2 is 2.10 bits per heavy atom. The van der Waals surface area contributed by atoms with Gasteiger partial charge in [0.25, 0.3) is 0 Å². The van der Waals surface area contributed by atoms with Gasteiger partial charge in [0.05, 0.1) is 16.8 Å². The maximum atomic E-state index is 6.01. The maximum absolute atomic E-state index is 6.01. The topological polar surface area (TPSA) is 48.1 Å². The largest absolute Gasteiger partial charge is 0.494 e. The van der Waals surface area contributed by atoms with E-state index in [9.17, 15) is 0 Å². The highest BCUT2D eigenvalue weighted by atomic mass is 35.5. The molecular formula is C15H13ClN2OS. The molecule has 0 atom stereocenters. The first-order valence-corrected chi connectivity index (χ1v) is 7.45. The summed E-state index contributed by atoms with van der Waals surface area (Å²) in [5.74, 6) is 0.860. The van der Waals surface area contributed by atoms with E-state index in [0.717, 1.165) is 26.5 Å². The summed E-state index contributed by atoms with van der Waals surface area (Å²) in [6.45, 7) is 2.62. The van der Waals surface area contributed by atoms with Crippen LogP contribution in [0.5, 0.6) is 5.75 Å². The number of halogens is 1. The first kappa shape index (κ1) is 13.2. The minimum Gasteiger partial charge on any atom is -0.494 e. The average Bonchev–Trinajstić information content (AvgIpc) is 2.81. The van der Waals surface area contributed by atoms with Crippen LogP contribution in [0.2, 0.25) is 5.02 Å². The fourth-order valence-corrected chi connectivity index (χ4v) is 3.23. The minimum atomic E-state index is 0.631. The first-order valence-electron chi connectivity index (χ1n) is 6.26. The SMILES string of the molecule is CCOc1ccc2nc(-c3ccc(Cl)cc3N)sc2c1. The van der Waals surface area contributed by atoms with Crippen molar-refractivity contribution < 1.29 is 4.74 Å². The third kappa shape index (κ3) is 2.44. The summed E-state index contributed by atoms with van der Waals surface area (Å²) in [6.07, 6.45) is 0. The van der Waals surface area contributed by atoms with Crippen LogP contribution < -0.4 is 10.5 Å². The number of fused-ring (bicyclic) bond motifs is 1. The highest BCUT2D eigenvalue weighted by Crippen LogP contribution is 2.35. The molecule has 0 aliphatic rings. The van der Waals surface area contributed by atoms with Crippen LogP contribution >= 0.6 is 22.9 Å². The van der Waals surface area contributed by atoms with E-state index in [1.54, 1.807) is 17.4 Å². The fourth-order valence-electron chi connectivity index (χ4n) is 2.00. The Balaban J connectivity index is 2.08. The van der Waals surface area contributed by atoms with Crippen molar-refractivity contribution in [3.63, 3.8) is 0 Å². The van der Waals surface area contributed by atoms with Crippen molar-refractivity contribution >= 4 is 38.8 Å². The van der Waals surface area contributed by atoms with E-state index in [0.29, 0.717) is 17.3 Å². The Morgan fingerprint density at radius 1 is 1.25 bits per heavy atom. The van der Waals surface area contributed by atoms with Crippen molar-refractivity contribution in [3.8, 4) is 16.3 Å². The summed E-state index contributed by atoms with van der Waals surface area (Å²) in [5, 5.41) is 1.52. The van der Waals surface area contributed by atoms with Crippen LogP contribution in [0, 0.1) is 0 Å². The number of anilines is 1. The van der Waals surface area contributed by atoms with Gasteiger partial charge in [-0.25, -0.2) is 4.98 Å². The molecule has 102 valence electrons. The van der Waals surface area contributed by atoms with Gasteiger partial charge in [0, 0.05) is 16.3 Å². The third-order valence-electron chi connectivity index (χ3n) is 2.91. The quantitative estimate of drug-likeness (QED) is 0.719. The van der Waals surface area contributed by atoms with E-state index in [2.05, 4.69) is 4.98 Å². The molecule has 0 unspecified atom stereocenters. The van der Waals surface area contributed by atoms with Crippen LogP contribution in [-0.4, -0.2) is 11.6 Å². The standard InChI is InChI=1S/C15H13ClN2OS/c1-2-19-10-4-6-13-14(8-10)20-15(18-13)11-5-3-9(16)7-12(11)17/h3-8H,2,17H2,1H3. The van der Waals surface area contributed by atoms with Gasteiger partial charge in [-0.1, -0.05) is 11.6 Å². The summed E-state index contributed by atoms with van der Waals surface area (Å²) < 4.78 is 6.59. The van der Waals surface area contributed by atoms with Crippen LogP contribution in [0.15, 0.2) is 36.4 Å². The van der Waals surface area contributed by atoms with Crippen molar-refractivity contribution in [1.82, 2.24) is 4.98 Å². The number of benzene rings is 2. The Kier molecular flexibility index (Phi) is 3.51. The summed E-state index contributed by atoms with van der Waals surface area (Å²) in [5.41, 5.74) is 8.51. The Morgan fingerprint density at radius 3 is 2.85 bits per heavy atom. The molecule has 0 aliphatic carbocycles. The van der Waals surface area contributed by atoms with Gasteiger partial charge in [-0.2, -0.15) is 0 Å². The molecule has 1 aromatic heterocycles. The second-order valence-corrected chi connectivity index (χ2v) is 5.78. The molecule has 0 saturated heterocycles. The van der Waals surface area contributed by atoms with Gasteiger partial charge in [0.15, 0.2) is 0 Å². The molecule has 5 heteroatoms. The summed E-state index contributed by atoms with van der Waals surface area (Å²) >= 11 is 7.52. The number of nitrogens with zero attached hydrogens (tertiary/aromatic N) is 1. The number of nitrogen functional groups attached to an aromatic ring is 1. The second kappa shape index (κ2) is 5.31. The van der Waals surface area contributed by atoms with Crippen LogP contribution in [0.4, 0.5) is 5.69 Å². The van der Waals surface area contributed by atoms with Crippen LogP contribution in [0.1, 0.15) is 6.92 Å². The number of aromatic nitrogens is 1. The van der Waals surface area contributed by atoms with Crippen molar-refractivity contribution in [2.75, 3.05) is 12.3 Å². The van der Waals surface area contributed by atoms with Gasteiger partial charge < -0.3 is 10.5 Å². The summed E-state index contributed by atoms with van der Waals surface area (Å²) in [4.78, 5) is 4.61. The van der Waals surface area contributed by atoms with Gasteiger partial charge in [0.2, 0.25) is 0 Å². The molecule has 0 aliphatic heterocycles. The van der Waals surface area contributed by atoms with E-state index in [-0.39, 0.29) is 0 Å². The zero-order valence-corrected chi connectivity index (χ0v) is 12.5. The van der Waals surface area contributed by atoms with Crippen molar-refractivity contribution in [3.05, 3.63) is 41.4 Å². The van der Waals surface area contributed by atoms with Crippen molar-refractivity contribution in [1.29, 1.82) is 0 Å². The number of ether oxygens (including phenoxy) is 1. The van der Waals surface area contributed by atoms with Crippen molar-refractivity contribution in [2.45, 2.75) is 6.92 Å². The molecule has 3 nitrogen and oxygen atoms in total. The normalized spacial score (nSPS) is 10.9. The van der Waals surface area contributed by atoms with Crippen LogP contribution in [0.25, 0.3) is 20.8 Å². The van der Waals surface area contributed by atoms with Gasteiger partial charge in [0.1, 0.15) is 10.8 Å². The molecule has 3 aromatic rings. The molecule has 0 fully saturated rings. The molecule has 0 bridgehead atoms. The van der Waals surface area contributed by atoms with E-state index in [1.807, 2.05) is 37.3 Å². The Bertz CT molecular complexity index is 770. The monoisotopic (exact) mass is 304 g/mol. The van der Waals surface area contributed by atoms with Gasteiger partial charge in [-0.3, -0.25) is 0 Å². The zero-order valence-electron chi connectivity index (χ0n) is 10.9. The van der Waals surface area contributed by atoms with E-state index in [4.69, 9.17) is 22.1 Å². The average molecular weight is 305 g/mol. The number of thiazole rings is 1. The molecule has 0 amide bonds. The highest BCUT2D eigenvalue weighted by Gasteiger charge is 2.10. The molecule has 3 rings (SSSR count). The number of hydrogen-bond acceptors (Lipinski definition) is 4. The molecular weight excluding hydrogens is 292 g/mol. The molecule has 0 spiro atoms. The molecule has 0 radical (unpaired) electrons. The third-order valence-corrected chi connectivity index (χ3v) is 4.20. The molecule has 0 saturated carbocycles. The molecule has 2 aromatic carbocycles. The van der Waals surface area contributed by atoms with Gasteiger partial charge in [-0.05, 0) is 43.3 Å². The zero-order chi connectivity index (χ0) is 14.1. The lowest BCUT2D eigenvalue weighted by Crippen LogP contribution is -1.90. The van der Waals surface area contributed by atoms with Gasteiger partial charge in [-0.15, -0.1) is 11.3 Å². The van der Waals surface area contributed by atoms with Crippen molar-refractivity contribution in [2.24, 2.45) is 0 Å². The predicted octanol–water partition coefficient (Wildman–Crippen LogP) is 4.60. The summed E-state index contributed by atoms with van der Waals surface area (Å²) in [6, 6.07) is 11.4. The molecule has 20 heavy (non-hydrogen) atoms. The molecule has 1 heterocycles. The fraction of sp³-hybridized carbons (Fsp3) is 0.133. The first-order chi connectivity index (χ1) is 9.67. The number of nitrogens with two attached hydrogens (primary N) is 1. The second-order valence-electron chi connectivity index (χ2n) is 4.31. The number of hydrogen-bond donors (Lipinski definition) is 1. The predicted molar refractivity (Wildman–Crippen MR) is 85.6 cm³/mol. The lowest BCUT2D eigenvalue weighted by atomic mass is 10.2. The van der Waals surface area contributed by atoms with E-state index in [1.165, 1.54) is 0 Å². The van der Waals surface area contributed by atoms with Gasteiger partial charge >= 0.3 is 0 Å². The molecule has 2 N–H and O–H groups in total. The van der Waals surface area contributed by atoms with Crippen LogP contribution in [0.3, 0.4) is 0 Å². The summed E-state index contributed by atoms with van der Waals surface area (Å²) in [7, 11) is 0. The Labute approximate surface area is 126 Å². The minimum absolute atomic E-state index is 0.631. The van der Waals surface area contributed by atoms with E-state index >= 15 is 0 Å². The lowest BCUT2D eigenvalue weighted by Gasteiger charge is -2.01. The lowest BCUT2D eigenvalue weighted by molar-refractivity contribution is 0.341. The Hall–Kier alpha value is -1.78. The van der Waals surface area contributed by atoms with E-state index < -0.39 is 0 Å².